The molecule has 0 bridgehead atoms. The third kappa shape index (κ3) is 2.52. The van der Waals surface area contributed by atoms with Crippen molar-refractivity contribution in [2.24, 2.45) is 0 Å². The summed E-state index contributed by atoms with van der Waals surface area (Å²) in [4.78, 5) is 0. The lowest BCUT2D eigenvalue weighted by atomic mass is 10.00. The number of hydrogen-bond acceptors (Lipinski definition) is 1. The first kappa shape index (κ1) is 13.0. The van der Waals surface area contributed by atoms with E-state index in [0.717, 1.165) is 0 Å². The summed E-state index contributed by atoms with van der Waals surface area (Å²) in [7, 11) is 0. The molecular formula is C14H11ClF2O. The zero-order valence-corrected chi connectivity index (χ0v) is 10.4. The fraction of sp³-hybridized carbons (Fsp3) is 0.143. The fourth-order valence-corrected chi connectivity index (χ4v) is 1.86. The number of aliphatic hydroxyl groups excluding tert-OH is 1. The highest BCUT2D eigenvalue weighted by Crippen LogP contribution is 2.27. The molecule has 1 unspecified atom stereocenters. The van der Waals surface area contributed by atoms with Gasteiger partial charge in [-0.1, -0.05) is 23.7 Å². The number of halogens is 3. The Morgan fingerprint density at radius 2 is 1.78 bits per heavy atom. The molecule has 94 valence electrons. The minimum absolute atomic E-state index is 0.0331. The number of hydrogen-bond donors (Lipinski definition) is 1. The van der Waals surface area contributed by atoms with Gasteiger partial charge in [-0.25, -0.2) is 8.78 Å². The normalized spacial score (nSPS) is 12.5. The molecule has 18 heavy (non-hydrogen) atoms. The number of aryl methyl sites for hydroxylation is 1. The summed E-state index contributed by atoms with van der Waals surface area (Å²) in [6, 6.07) is 8.19. The first-order chi connectivity index (χ1) is 8.49. The van der Waals surface area contributed by atoms with E-state index in [2.05, 4.69) is 0 Å². The molecule has 1 N–H and O–H groups in total. The van der Waals surface area contributed by atoms with Crippen molar-refractivity contribution in [3.63, 3.8) is 0 Å². The molecule has 0 aliphatic carbocycles. The Morgan fingerprint density at radius 3 is 2.44 bits per heavy atom. The Bertz CT molecular complexity index is 584. The van der Waals surface area contributed by atoms with Gasteiger partial charge in [0, 0.05) is 10.6 Å². The van der Waals surface area contributed by atoms with E-state index in [1.165, 1.54) is 30.3 Å². The van der Waals surface area contributed by atoms with Crippen LogP contribution in [-0.2, 0) is 0 Å². The standard InChI is InChI=1S/C14H11ClF2O/c1-8-2-3-9(6-13(8)17)14(18)11-7-10(15)4-5-12(11)16/h2-7,14,18H,1H3. The Kier molecular flexibility index (Phi) is 3.64. The highest BCUT2D eigenvalue weighted by atomic mass is 35.5. The van der Waals surface area contributed by atoms with Crippen LogP contribution >= 0.6 is 11.6 Å². The molecule has 0 radical (unpaired) electrons. The van der Waals surface area contributed by atoms with E-state index < -0.39 is 17.7 Å². The Morgan fingerprint density at radius 1 is 1.06 bits per heavy atom. The summed E-state index contributed by atoms with van der Waals surface area (Å²) in [5, 5.41) is 10.4. The topological polar surface area (TPSA) is 20.2 Å². The van der Waals surface area contributed by atoms with Crippen LogP contribution in [0.1, 0.15) is 22.8 Å². The van der Waals surface area contributed by atoms with Crippen molar-refractivity contribution in [3.8, 4) is 0 Å². The molecular weight excluding hydrogens is 258 g/mol. The van der Waals surface area contributed by atoms with Crippen molar-refractivity contribution >= 4 is 11.6 Å². The highest BCUT2D eigenvalue weighted by molar-refractivity contribution is 6.30. The minimum atomic E-state index is -1.24. The van der Waals surface area contributed by atoms with Gasteiger partial charge in [0.15, 0.2) is 0 Å². The van der Waals surface area contributed by atoms with Gasteiger partial charge in [0.2, 0.25) is 0 Å². The SMILES string of the molecule is Cc1ccc(C(O)c2cc(Cl)ccc2F)cc1F. The quantitative estimate of drug-likeness (QED) is 0.873. The van der Waals surface area contributed by atoms with E-state index >= 15 is 0 Å². The molecule has 0 saturated carbocycles. The van der Waals surface area contributed by atoms with E-state index in [1.807, 2.05) is 0 Å². The van der Waals surface area contributed by atoms with Crippen molar-refractivity contribution in [1.29, 1.82) is 0 Å². The molecule has 1 atom stereocenters. The molecule has 2 aromatic carbocycles. The largest absolute Gasteiger partial charge is 0.384 e. The van der Waals surface area contributed by atoms with E-state index in [-0.39, 0.29) is 5.56 Å². The van der Waals surface area contributed by atoms with Crippen LogP contribution in [0.15, 0.2) is 36.4 Å². The average Bonchev–Trinajstić information content (AvgIpc) is 2.35. The van der Waals surface area contributed by atoms with Gasteiger partial charge in [-0.2, -0.15) is 0 Å². The van der Waals surface area contributed by atoms with E-state index in [1.54, 1.807) is 13.0 Å². The maximum atomic E-state index is 13.6. The van der Waals surface area contributed by atoms with Gasteiger partial charge in [-0.15, -0.1) is 0 Å². The van der Waals surface area contributed by atoms with Crippen molar-refractivity contribution in [1.82, 2.24) is 0 Å². The lowest BCUT2D eigenvalue weighted by Crippen LogP contribution is -2.03. The second kappa shape index (κ2) is 5.04. The van der Waals surface area contributed by atoms with Gasteiger partial charge in [0.1, 0.15) is 17.7 Å². The number of rotatable bonds is 2. The summed E-state index contributed by atoms with van der Waals surface area (Å²) < 4.78 is 27.0. The second-order valence-corrected chi connectivity index (χ2v) is 4.51. The van der Waals surface area contributed by atoms with Gasteiger partial charge in [0.25, 0.3) is 0 Å². The summed E-state index contributed by atoms with van der Waals surface area (Å²) in [6.07, 6.45) is -1.24. The van der Waals surface area contributed by atoms with Gasteiger partial charge in [0.05, 0.1) is 0 Å². The molecule has 0 saturated heterocycles. The molecule has 0 aliphatic rings. The first-order valence-electron chi connectivity index (χ1n) is 5.38. The van der Waals surface area contributed by atoms with Crippen LogP contribution in [0.4, 0.5) is 8.78 Å². The van der Waals surface area contributed by atoms with Gasteiger partial charge in [-0.05, 0) is 42.3 Å². The molecule has 0 fully saturated rings. The Labute approximate surface area is 109 Å². The molecule has 0 aliphatic heterocycles. The Hall–Kier alpha value is -1.45. The zero-order valence-electron chi connectivity index (χ0n) is 9.62. The van der Waals surface area contributed by atoms with Crippen molar-refractivity contribution in [2.75, 3.05) is 0 Å². The summed E-state index contributed by atoms with van der Waals surface area (Å²) >= 11 is 5.75. The fourth-order valence-electron chi connectivity index (χ4n) is 1.68. The number of benzene rings is 2. The third-order valence-electron chi connectivity index (χ3n) is 2.76. The third-order valence-corrected chi connectivity index (χ3v) is 3.00. The van der Waals surface area contributed by atoms with E-state index in [4.69, 9.17) is 11.6 Å². The summed E-state index contributed by atoms with van der Waals surface area (Å²) in [5.41, 5.74) is 0.794. The van der Waals surface area contributed by atoms with Crippen LogP contribution in [-0.4, -0.2) is 5.11 Å². The smallest absolute Gasteiger partial charge is 0.129 e. The molecule has 0 heterocycles. The molecule has 2 rings (SSSR count). The van der Waals surface area contributed by atoms with Crippen molar-refractivity contribution in [3.05, 3.63) is 69.7 Å². The molecule has 2 aromatic rings. The van der Waals surface area contributed by atoms with Crippen LogP contribution in [0.25, 0.3) is 0 Å². The van der Waals surface area contributed by atoms with Gasteiger partial charge in [-0.3, -0.25) is 0 Å². The molecule has 1 nitrogen and oxygen atoms in total. The Balaban J connectivity index is 2.44. The van der Waals surface area contributed by atoms with Crippen LogP contribution < -0.4 is 0 Å². The molecule has 0 aromatic heterocycles. The van der Waals surface area contributed by atoms with Crippen molar-refractivity contribution in [2.45, 2.75) is 13.0 Å². The van der Waals surface area contributed by atoms with Crippen LogP contribution in [0.5, 0.6) is 0 Å². The minimum Gasteiger partial charge on any atom is -0.384 e. The van der Waals surface area contributed by atoms with Crippen molar-refractivity contribution < 1.29 is 13.9 Å². The summed E-state index contributed by atoms with van der Waals surface area (Å²) in [5.74, 6) is -1.01. The monoisotopic (exact) mass is 268 g/mol. The second-order valence-electron chi connectivity index (χ2n) is 4.08. The predicted molar refractivity (Wildman–Crippen MR) is 66.6 cm³/mol. The van der Waals surface area contributed by atoms with Gasteiger partial charge >= 0.3 is 0 Å². The molecule has 0 amide bonds. The average molecular weight is 269 g/mol. The van der Waals surface area contributed by atoms with E-state index in [0.29, 0.717) is 16.1 Å². The highest BCUT2D eigenvalue weighted by Gasteiger charge is 2.16. The predicted octanol–water partition coefficient (Wildman–Crippen LogP) is 4.01. The van der Waals surface area contributed by atoms with Crippen LogP contribution in [0.2, 0.25) is 5.02 Å². The van der Waals surface area contributed by atoms with Gasteiger partial charge < -0.3 is 5.11 Å². The lowest BCUT2D eigenvalue weighted by Gasteiger charge is -2.13. The number of aliphatic hydroxyl groups is 1. The van der Waals surface area contributed by atoms with Crippen LogP contribution in [0, 0.1) is 18.6 Å². The van der Waals surface area contributed by atoms with E-state index in [9.17, 15) is 13.9 Å². The maximum absolute atomic E-state index is 13.6. The molecule has 0 spiro atoms. The maximum Gasteiger partial charge on any atom is 0.129 e. The lowest BCUT2D eigenvalue weighted by molar-refractivity contribution is 0.214. The zero-order chi connectivity index (χ0) is 13.3. The summed E-state index contributed by atoms with van der Waals surface area (Å²) in [6.45, 7) is 1.62. The van der Waals surface area contributed by atoms with Crippen LogP contribution in [0.3, 0.4) is 0 Å². The molecule has 4 heteroatoms. The first-order valence-corrected chi connectivity index (χ1v) is 5.76.